The minimum absolute atomic E-state index is 0.102. The van der Waals surface area contributed by atoms with E-state index in [0.717, 1.165) is 4.88 Å². The summed E-state index contributed by atoms with van der Waals surface area (Å²) in [5.41, 5.74) is 0.890. The van der Waals surface area contributed by atoms with Crippen molar-refractivity contribution in [1.82, 2.24) is 15.4 Å². The second kappa shape index (κ2) is 10.9. The number of rotatable bonds is 10. The molecule has 31 heavy (non-hydrogen) atoms. The zero-order chi connectivity index (χ0) is 22.1. The van der Waals surface area contributed by atoms with Crippen molar-refractivity contribution in [2.75, 3.05) is 19.6 Å². The molecule has 3 rings (SSSR count). The molecule has 162 valence electrons. The fourth-order valence-electron chi connectivity index (χ4n) is 2.78. The largest absolute Gasteiger partial charge is 0.350 e. The smallest absolute Gasteiger partial charge is 0.251 e. The van der Waals surface area contributed by atoms with E-state index in [1.807, 2.05) is 23.6 Å². The van der Waals surface area contributed by atoms with E-state index in [0.29, 0.717) is 24.1 Å². The lowest BCUT2D eigenvalue weighted by molar-refractivity contribution is 0.0927. The number of hydrogen-bond donors (Lipinski definition) is 3. The fraction of sp³-hybridized carbons (Fsp3) is 0.182. The van der Waals surface area contributed by atoms with E-state index in [4.69, 9.17) is 0 Å². The lowest BCUT2D eigenvalue weighted by atomic mass is 10.2. The van der Waals surface area contributed by atoms with Gasteiger partial charge in [0.15, 0.2) is 0 Å². The third-order valence-electron chi connectivity index (χ3n) is 4.40. The topological polar surface area (TPSA) is 104 Å². The molecule has 0 atom stereocenters. The van der Waals surface area contributed by atoms with Crippen LogP contribution >= 0.6 is 11.3 Å². The van der Waals surface area contributed by atoms with E-state index in [-0.39, 0.29) is 29.8 Å². The van der Waals surface area contributed by atoms with Gasteiger partial charge < -0.3 is 10.6 Å². The first-order valence-corrected chi connectivity index (χ1v) is 12.1. The lowest BCUT2D eigenvalue weighted by Crippen LogP contribution is -2.34. The third-order valence-corrected chi connectivity index (χ3v) is 6.82. The van der Waals surface area contributed by atoms with Crippen LogP contribution in [-0.4, -0.2) is 39.9 Å². The first kappa shape index (κ1) is 22.7. The first-order valence-electron chi connectivity index (χ1n) is 9.69. The van der Waals surface area contributed by atoms with Gasteiger partial charge in [-0.25, -0.2) is 13.1 Å². The van der Waals surface area contributed by atoms with Gasteiger partial charge in [0, 0.05) is 35.6 Å². The van der Waals surface area contributed by atoms with Gasteiger partial charge in [-0.1, -0.05) is 24.3 Å². The van der Waals surface area contributed by atoms with Crippen molar-refractivity contribution in [3.8, 4) is 0 Å². The van der Waals surface area contributed by atoms with Crippen LogP contribution in [0.5, 0.6) is 0 Å². The zero-order valence-corrected chi connectivity index (χ0v) is 18.3. The minimum atomic E-state index is -3.64. The van der Waals surface area contributed by atoms with Crippen LogP contribution in [0.3, 0.4) is 0 Å². The van der Waals surface area contributed by atoms with Gasteiger partial charge in [0.1, 0.15) is 0 Å². The number of carbonyl (C=O) groups is 2. The van der Waals surface area contributed by atoms with Crippen LogP contribution in [0.2, 0.25) is 0 Å². The van der Waals surface area contributed by atoms with Gasteiger partial charge >= 0.3 is 0 Å². The lowest BCUT2D eigenvalue weighted by Gasteiger charge is -2.09. The predicted molar refractivity (Wildman–Crippen MR) is 121 cm³/mol. The first-order chi connectivity index (χ1) is 15.0. The molecule has 3 aromatic rings. The summed E-state index contributed by atoms with van der Waals surface area (Å²) in [7, 11) is -3.64. The molecule has 0 aliphatic heterocycles. The van der Waals surface area contributed by atoms with Crippen molar-refractivity contribution in [1.29, 1.82) is 0 Å². The van der Waals surface area contributed by atoms with Gasteiger partial charge in [0.2, 0.25) is 10.0 Å². The standard InChI is InChI=1S/C22H23N3O4S2/c26-21(17-5-2-1-3-6-17)23-14-15-24-22(27)18-8-10-20(11-9-18)31(28,29)25-13-12-19-7-4-16-30-19/h1-11,16,25H,12-15H2,(H,23,26)(H,24,27). The van der Waals surface area contributed by atoms with Gasteiger partial charge in [-0.3, -0.25) is 9.59 Å². The Morgan fingerprint density at radius 2 is 1.35 bits per heavy atom. The van der Waals surface area contributed by atoms with Gasteiger partial charge in [-0.05, 0) is 54.3 Å². The van der Waals surface area contributed by atoms with Gasteiger partial charge in [-0.2, -0.15) is 0 Å². The molecule has 0 unspecified atom stereocenters. The maximum atomic E-state index is 12.4. The van der Waals surface area contributed by atoms with E-state index in [1.54, 1.807) is 35.6 Å². The third kappa shape index (κ3) is 6.74. The highest BCUT2D eigenvalue weighted by Crippen LogP contribution is 2.12. The Hall–Kier alpha value is -3.01. The molecular formula is C22H23N3O4S2. The average molecular weight is 458 g/mol. The average Bonchev–Trinajstić information content (AvgIpc) is 3.30. The van der Waals surface area contributed by atoms with Crippen LogP contribution in [0.15, 0.2) is 77.0 Å². The summed E-state index contributed by atoms with van der Waals surface area (Å²) in [6, 6.07) is 18.4. The Morgan fingerprint density at radius 3 is 1.94 bits per heavy atom. The molecule has 1 heterocycles. The van der Waals surface area contributed by atoms with Crippen LogP contribution < -0.4 is 15.4 Å². The molecule has 0 radical (unpaired) electrons. The normalized spacial score (nSPS) is 11.1. The SMILES string of the molecule is O=C(NCCNC(=O)c1ccc(S(=O)(=O)NCCc2cccs2)cc1)c1ccccc1. The summed E-state index contributed by atoms with van der Waals surface area (Å²) in [5.74, 6) is -0.556. The summed E-state index contributed by atoms with van der Waals surface area (Å²) in [4.78, 5) is 25.4. The van der Waals surface area contributed by atoms with Crippen molar-refractivity contribution in [3.63, 3.8) is 0 Å². The molecule has 1 aromatic heterocycles. The molecular weight excluding hydrogens is 434 g/mol. The number of carbonyl (C=O) groups excluding carboxylic acids is 2. The zero-order valence-electron chi connectivity index (χ0n) is 16.7. The van der Waals surface area contributed by atoms with Crippen LogP contribution in [-0.2, 0) is 16.4 Å². The summed E-state index contributed by atoms with van der Waals surface area (Å²) >= 11 is 1.58. The molecule has 3 N–H and O–H groups in total. The molecule has 7 nitrogen and oxygen atoms in total. The van der Waals surface area contributed by atoms with Crippen molar-refractivity contribution < 1.29 is 18.0 Å². The number of amides is 2. The quantitative estimate of drug-likeness (QED) is 0.407. The molecule has 0 spiro atoms. The summed E-state index contributed by atoms with van der Waals surface area (Å²) < 4.78 is 27.3. The molecule has 2 aromatic carbocycles. The monoisotopic (exact) mass is 457 g/mol. The number of thiophene rings is 1. The molecule has 9 heteroatoms. The van der Waals surface area contributed by atoms with Gasteiger partial charge in [0.05, 0.1) is 4.90 Å². The van der Waals surface area contributed by atoms with E-state index in [9.17, 15) is 18.0 Å². The van der Waals surface area contributed by atoms with Crippen LogP contribution in [0, 0.1) is 0 Å². The molecule has 0 aliphatic rings. The minimum Gasteiger partial charge on any atom is -0.350 e. The second-order valence-corrected chi connectivity index (χ2v) is 9.43. The Labute approximate surface area is 185 Å². The highest BCUT2D eigenvalue weighted by molar-refractivity contribution is 7.89. The molecule has 0 bridgehead atoms. The molecule has 2 amide bonds. The number of nitrogens with one attached hydrogen (secondary N) is 3. The van der Waals surface area contributed by atoms with Crippen molar-refractivity contribution in [2.45, 2.75) is 11.3 Å². The van der Waals surface area contributed by atoms with E-state index < -0.39 is 10.0 Å². The second-order valence-electron chi connectivity index (χ2n) is 6.63. The number of benzene rings is 2. The highest BCUT2D eigenvalue weighted by atomic mass is 32.2. The van der Waals surface area contributed by atoms with Crippen molar-refractivity contribution in [2.24, 2.45) is 0 Å². The van der Waals surface area contributed by atoms with Crippen LogP contribution in [0.1, 0.15) is 25.6 Å². The summed E-state index contributed by atoms with van der Waals surface area (Å²) in [6.07, 6.45) is 0.623. The fourth-order valence-corrected chi connectivity index (χ4v) is 4.52. The number of hydrogen-bond acceptors (Lipinski definition) is 5. The van der Waals surface area contributed by atoms with E-state index >= 15 is 0 Å². The number of sulfonamides is 1. The summed E-state index contributed by atoms with van der Waals surface area (Å²) in [5, 5.41) is 7.37. The maximum Gasteiger partial charge on any atom is 0.251 e. The van der Waals surface area contributed by atoms with Crippen LogP contribution in [0.4, 0.5) is 0 Å². The van der Waals surface area contributed by atoms with Crippen molar-refractivity contribution in [3.05, 3.63) is 88.1 Å². The van der Waals surface area contributed by atoms with E-state index in [1.165, 1.54) is 24.3 Å². The molecule has 0 fully saturated rings. The Morgan fingerprint density at radius 1 is 0.742 bits per heavy atom. The molecule has 0 saturated carbocycles. The summed E-state index contributed by atoms with van der Waals surface area (Å²) in [6.45, 7) is 0.835. The van der Waals surface area contributed by atoms with Gasteiger partial charge in [0.25, 0.3) is 11.8 Å². The van der Waals surface area contributed by atoms with E-state index in [2.05, 4.69) is 15.4 Å². The van der Waals surface area contributed by atoms with Gasteiger partial charge in [-0.15, -0.1) is 11.3 Å². The molecule has 0 saturated heterocycles. The van der Waals surface area contributed by atoms with Crippen LogP contribution in [0.25, 0.3) is 0 Å². The maximum absolute atomic E-state index is 12.4. The Bertz CT molecular complexity index is 1100. The Kier molecular flexibility index (Phi) is 7.94. The molecule has 0 aliphatic carbocycles. The highest BCUT2D eigenvalue weighted by Gasteiger charge is 2.14. The van der Waals surface area contributed by atoms with Crippen molar-refractivity contribution >= 4 is 33.2 Å². The Balaban J connectivity index is 1.44. The predicted octanol–water partition coefficient (Wildman–Crippen LogP) is 2.43.